The van der Waals surface area contributed by atoms with Gasteiger partial charge in [0.2, 0.25) is 0 Å². The summed E-state index contributed by atoms with van der Waals surface area (Å²) in [6.07, 6.45) is 0. The molecule has 3 heterocycles. The molecule has 0 fully saturated rings. The predicted octanol–water partition coefficient (Wildman–Crippen LogP) is 28.3. The second-order valence-corrected chi connectivity index (χ2v) is 33.1. The van der Waals surface area contributed by atoms with Crippen molar-refractivity contribution in [2.75, 3.05) is 29.8 Å². The molecule has 0 bridgehead atoms. The van der Waals surface area contributed by atoms with Crippen LogP contribution in [0.5, 0.6) is 0 Å². The Morgan fingerprint density at radius 1 is 0.221 bits per heavy atom. The van der Waals surface area contributed by atoms with Gasteiger partial charge in [-0.1, -0.05) is 37.9 Å². The summed E-state index contributed by atoms with van der Waals surface area (Å²) in [5, 5.41) is 9.24. The number of para-hydroxylation sites is 6. The molecule has 17 rings (SSSR count). The minimum absolute atomic E-state index is 0.213. The molecular formula is C90H63Br2Cl3N6Se3. The third-order valence-electron chi connectivity index (χ3n) is 17.3. The van der Waals surface area contributed by atoms with Crippen LogP contribution in [0.15, 0.2) is 382 Å². The molecule has 0 aliphatic carbocycles. The summed E-state index contributed by atoms with van der Waals surface area (Å²) in [5.41, 5.74) is 17.6. The zero-order chi connectivity index (χ0) is 70.7. The van der Waals surface area contributed by atoms with Gasteiger partial charge in [-0.25, -0.2) is 0 Å². The average molecular weight is 1730 g/mol. The van der Waals surface area contributed by atoms with Gasteiger partial charge in [-0.05, 0) is 18.2 Å². The number of anilines is 17. The van der Waals surface area contributed by atoms with Gasteiger partial charge < -0.3 is 0 Å². The quantitative estimate of drug-likeness (QED) is 0.0914. The second-order valence-electron chi connectivity index (χ2n) is 24.2. The number of hydrogen-bond donors (Lipinski definition) is 1. The van der Waals surface area contributed by atoms with Crippen molar-refractivity contribution in [2.24, 2.45) is 0 Å². The van der Waals surface area contributed by atoms with Gasteiger partial charge in [0.05, 0.1) is 0 Å². The first kappa shape index (κ1) is 70.2. The van der Waals surface area contributed by atoms with Crippen molar-refractivity contribution in [3.63, 3.8) is 0 Å². The molecule has 0 atom stereocenters. The number of rotatable bonds is 17. The summed E-state index contributed by atoms with van der Waals surface area (Å²) >= 11 is 28.4. The fourth-order valence-electron chi connectivity index (χ4n) is 12.8. The van der Waals surface area contributed by atoms with Crippen LogP contribution in [-0.2, 0) is 0 Å². The number of nitrogens with one attached hydrogen (secondary N) is 1. The SMILES string of the molecule is Brc1cccc(Br)c1.Clc1cc(N(c2ccccc2)c2cccc(N(c3ccccc3)c3cc(Cl)cc(N(c4ccccc4)c4c[se]c5ccccc45)c3)c2)cc(N(c2ccccc2)c2c[se]c3ccccc23)c1.Clc1cc(Nc2ccccc2)cc(N(c2ccccc2)c2c[se]c3ccccc23)c1. The number of halogens is 5. The first-order valence-corrected chi connectivity index (χ1v) is 41.8. The van der Waals surface area contributed by atoms with E-state index in [0.29, 0.717) is 29.6 Å². The van der Waals surface area contributed by atoms with Crippen molar-refractivity contribution in [2.45, 2.75) is 0 Å². The standard InChI is InChI=1S/C58H40Cl2N4Se2.C26H19ClN2Se.C6H4Br2/c59-41-32-49(37-51(34-41)63(45-22-9-3-10-23-45)55-39-65-57-30-15-13-28-53(55)57)61(43-18-5-1-6-19-43)47-26-17-27-48(36-47)62(44-20-7-2-8-21-44)50-33-42(60)35-52(38-50)64(46-24-11-4-12-25-46)56-40-66-58-31-16-14-29-54(56)58;27-19-15-21(28-20-9-3-1-4-10-20)17-23(16-19)29(22-11-5-2-6-12-22)25-18-30-26-14-8-7-13-24(25)26;7-5-2-1-3-6(8)4-5/h1-40H;1-18,28H;1-4H. The van der Waals surface area contributed by atoms with Crippen LogP contribution < -0.4 is 29.8 Å². The van der Waals surface area contributed by atoms with E-state index in [1.54, 1.807) is 0 Å². The van der Waals surface area contributed by atoms with E-state index < -0.39 is 0 Å². The van der Waals surface area contributed by atoms with E-state index in [0.717, 1.165) is 99.9 Å². The minimum atomic E-state index is 0.213. The van der Waals surface area contributed by atoms with Gasteiger partial charge in [-0.3, -0.25) is 0 Å². The van der Waals surface area contributed by atoms with Gasteiger partial charge in [-0.15, -0.1) is 0 Å². The van der Waals surface area contributed by atoms with Crippen molar-refractivity contribution >= 4 is 236 Å². The Hall–Kier alpha value is -9.51. The van der Waals surface area contributed by atoms with Crippen LogP contribution in [0.2, 0.25) is 15.1 Å². The Balaban J connectivity index is 0.000000188. The van der Waals surface area contributed by atoms with Gasteiger partial charge in [0.25, 0.3) is 0 Å². The van der Waals surface area contributed by atoms with Gasteiger partial charge in [-0.2, -0.15) is 0 Å². The molecule has 104 heavy (non-hydrogen) atoms. The van der Waals surface area contributed by atoms with Gasteiger partial charge in [0, 0.05) is 8.95 Å². The Morgan fingerprint density at radius 2 is 0.490 bits per heavy atom. The van der Waals surface area contributed by atoms with Crippen LogP contribution in [0.3, 0.4) is 0 Å². The van der Waals surface area contributed by atoms with Gasteiger partial charge >= 0.3 is 597 Å². The van der Waals surface area contributed by atoms with Crippen LogP contribution in [0.25, 0.3) is 28.9 Å². The molecule has 0 aliphatic heterocycles. The van der Waals surface area contributed by atoms with E-state index in [9.17, 15) is 0 Å². The zero-order valence-electron chi connectivity index (χ0n) is 55.6. The molecule has 0 amide bonds. The fraction of sp³-hybridized carbons (Fsp3) is 0. The molecule has 1 N–H and O–H groups in total. The molecule has 0 unspecified atom stereocenters. The Kier molecular flexibility index (Phi) is 22.3. The van der Waals surface area contributed by atoms with Crippen LogP contribution >= 0.6 is 66.7 Å². The van der Waals surface area contributed by atoms with Crippen molar-refractivity contribution in [3.05, 3.63) is 397 Å². The van der Waals surface area contributed by atoms with E-state index in [2.05, 4.69) is 362 Å². The van der Waals surface area contributed by atoms with E-state index in [-0.39, 0.29) is 29.0 Å². The molecule has 0 radical (unpaired) electrons. The summed E-state index contributed by atoms with van der Waals surface area (Å²) in [6.45, 7) is 0. The number of fused-ring (bicyclic) bond motifs is 3. The molecule has 0 saturated carbocycles. The molecule has 0 spiro atoms. The van der Waals surface area contributed by atoms with Crippen LogP contribution in [0.4, 0.5) is 96.7 Å². The first-order valence-electron chi connectivity index (χ1n) is 33.5. The Labute approximate surface area is 655 Å². The molecular weight excluding hydrogens is 1670 g/mol. The van der Waals surface area contributed by atoms with E-state index >= 15 is 0 Å². The zero-order valence-corrected chi connectivity index (χ0v) is 66.2. The number of nitrogens with zero attached hydrogens (tertiary/aromatic N) is 5. The Bertz CT molecular complexity index is 5490. The van der Waals surface area contributed by atoms with Crippen LogP contribution in [0, 0.1) is 0 Å². The molecule has 0 aliphatic rings. The summed E-state index contributed by atoms with van der Waals surface area (Å²) in [4.78, 5) is 18.7. The molecule has 14 heteroatoms. The fourth-order valence-corrected chi connectivity index (χ4v) is 20.4. The van der Waals surface area contributed by atoms with Crippen molar-refractivity contribution in [1.29, 1.82) is 0 Å². The normalized spacial score (nSPS) is 10.9. The van der Waals surface area contributed by atoms with Crippen molar-refractivity contribution < 1.29 is 0 Å². The summed E-state index contributed by atoms with van der Waals surface area (Å²) in [6, 6.07) is 124. The third kappa shape index (κ3) is 16.2. The van der Waals surface area contributed by atoms with E-state index in [1.807, 2.05) is 72.8 Å². The average Bonchev–Trinajstić information content (AvgIpc) is 1.18. The monoisotopic (exact) mass is 1730 g/mol. The van der Waals surface area contributed by atoms with Crippen LogP contribution in [-0.4, -0.2) is 43.5 Å². The predicted molar refractivity (Wildman–Crippen MR) is 456 cm³/mol. The van der Waals surface area contributed by atoms with E-state index in [4.69, 9.17) is 34.8 Å². The van der Waals surface area contributed by atoms with Crippen molar-refractivity contribution in [1.82, 2.24) is 0 Å². The molecule has 0 saturated heterocycles. The number of benzene rings is 14. The summed E-state index contributed by atoms with van der Waals surface area (Å²) in [5.74, 6) is 0. The van der Waals surface area contributed by atoms with E-state index in [1.165, 1.54) is 34.6 Å². The molecule has 3 aromatic heterocycles. The van der Waals surface area contributed by atoms with Crippen molar-refractivity contribution in [3.8, 4) is 0 Å². The first-order chi connectivity index (χ1) is 51.1. The Morgan fingerprint density at radius 3 is 0.837 bits per heavy atom. The van der Waals surface area contributed by atoms with Gasteiger partial charge in [0.1, 0.15) is 0 Å². The molecule has 6 nitrogen and oxygen atoms in total. The molecule has 17 aromatic rings. The summed E-state index contributed by atoms with van der Waals surface area (Å²) < 4.78 is 6.36. The third-order valence-corrected chi connectivity index (χ3v) is 24.9. The topological polar surface area (TPSA) is 28.2 Å². The maximum absolute atomic E-state index is 7.23. The molecule has 14 aromatic carbocycles. The van der Waals surface area contributed by atoms with Crippen LogP contribution in [0.1, 0.15) is 0 Å². The second kappa shape index (κ2) is 33.1. The summed E-state index contributed by atoms with van der Waals surface area (Å²) in [7, 11) is 0. The number of hydrogen-bond acceptors (Lipinski definition) is 6. The molecule has 506 valence electrons. The maximum atomic E-state index is 7.23. The van der Waals surface area contributed by atoms with Gasteiger partial charge in [0.15, 0.2) is 0 Å².